The maximum absolute atomic E-state index is 12.3. The minimum Gasteiger partial charge on any atom is -0.348 e. The van der Waals surface area contributed by atoms with Crippen LogP contribution in [0.1, 0.15) is 37.3 Å². The molecule has 0 bridgehead atoms. The molecule has 0 aliphatic carbocycles. The maximum atomic E-state index is 12.3. The third-order valence-electron chi connectivity index (χ3n) is 3.90. The second-order valence-corrected chi connectivity index (χ2v) is 6.38. The standard InChI is InChI=1S/C15H20N2OS/c18-15(13-6-3-4-9-16-13)17-12-8-10-19-14-7-2-1-5-11(12)14/h1-2,5,7,12-13,16H,3-4,6,8-10H2,(H,17,18)/t12?,13-/m1/s1. The van der Waals surface area contributed by atoms with Gasteiger partial charge in [0.05, 0.1) is 12.1 Å². The van der Waals surface area contributed by atoms with Crippen molar-refractivity contribution in [3.05, 3.63) is 29.8 Å². The van der Waals surface area contributed by atoms with Gasteiger partial charge in [-0.2, -0.15) is 0 Å². The Labute approximate surface area is 118 Å². The summed E-state index contributed by atoms with van der Waals surface area (Å²) in [6.45, 7) is 0.967. The van der Waals surface area contributed by atoms with E-state index >= 15 is 0 Å². The molecule has 3 nitrogen and oxygen atoms in total. The molecule has 0 aromatic heterocycles. The van der Waals surface area contributed by atoms with Crippen LogP contribution >= 0.6 is 11.8 Å². The highest BCUT2D eigenvalue weighted by Crippen LogP contribution is 2.35. The number of nitrogens with one attached hydrogen (secondary N) is 2. The van der Waals surface area contributed by atoms with Gasteiger partial charge in [0.25, 0.3) is 0 Å². The van der Waals surface area contributed by atoms with Gasteiger partial charge in [-0.15, -0.1) is 11.8 Å². The van der Waals surface area contributed by atoms with Crippen molar-refractivity contribution >= 4 is 17.7 Å². The fourth-order valence-electron chi connectivity index (χ4n) is 2.84. The topological polar surface area (TPSA) is 41.1 Å². The van der Waals surface area contributed by atoms with Gasteiger partial charge in [-0.05, 0) is 37.4 Å². The lowest BCUT2D eigenvalue weighted by atomic mass is 10.0. The smallest absolute Gasteiger partial charge is 0.237 e. The Bertz CT molecular complexity index is 457. The van der Waals surface area contributed by atoms with Crippen molar-refractivity contribution in [1.29, 1.82) is 0 Å². The summed E-state index contributed by atoms with van der Waals surface area (Å²) in [5.74, 6) is 1.26. The molecular formula is C15H20N2OS. The lowest BCUT2D eigenvalue weighted by Crippen LogP contribution is -2.47. The SMILES string of the molecule is O=C(NC1CCSc2ccccc21)[C@H]1CCCCN1. The average Bonchev–Trinajstić information content (AvgIpc) is 2.48. The lowest BCUT2D eigenvalue weighted by Gasteiger charge is -2.29. The number of hydrogen-bond donors (Lipinski definition) is 2. The Morgan fingerprint density at radius 2 is 2.16 bits per heavy atom. The number of fused-ring (bicyclic) bond motifs is 1. The molecule has 2 aliphatic heterocycles. The summed E-state index contributed by atoms with van der Waals surface area (Å²) in [5, 5.41) is 6.55. The number of carbonyl (C=O) groups is 1. The van der Waals surface area contributed by atoms with Crippen LogP contribution in [0, 0.1) is 0 Å². The third-order valence-corrected chi connectivity index (χ3v) is 5.02. The monoisotopic (exact) mass is 276 g/mol. The van der Waals surface area contributed by atoms with Crippen LogP contribution in [-0.2, 0) is 4.79 Å². The van der Waals surface area contributed by atoms with Crippen molar-refractivity contribution in [2.75, 3.05) is 12.3 Å². The van der Waals surface area contributed by atoms with E-state index < -0.39 is 0 Å². The third kappa shape index (κ3) is 2.95. The molecule has 0 spiro atoms. The number of piperidine rings is 1. The molecule has 1 unspecified atom stereocenters. The molecule has 2 heterocycles. The van der Waals surface area contributed by atoms with Gasteiger partial charge in [0, 0.05) is 10.6 Å². The van der Waals surface area contributed by atoms with Crippen molar-refractivity contribution < 1.29 is 4.79 Å². The first-order valence-electron chi connectivity index (χ1n) is 7.10. The molecule has 2 aliphatic rings. The predicted molar refractivity (Wildman–Crippen MR) is 78.3 cm³/mol. The van der Waals surface area contributed by atoms with E-state index in [-0.39, 0.29) is 18.0 Å². The van der Waals surface area contributed by atoms with Crippen LogP contribution < -0.4 is 10.6 Å². The minimum absolute atomic E-state index is 0.00971. The van der Waals surface area contributed by atoms with E-state index in [0.29, 0.717) is 0 Å². The summed E-state index contributed by atoms with van der Waals surface area (Å²) in [4.78, 5) is 13.6. The van der Waals surface area contributed by atoms with Gasteiger partial charge in [0.15, 0.2) is 0 Å². The van der Waals surface area contributed by atoms with E-state index in [2.05, 4.69) is 34.9 Å². The highest BCUT2D eigenvalue weighted by molar-refractivity contribution is 7.99. The first-order chi connectivity index (χ1) is 9.34. The number of benzene rings is 1. The molecule has 3 rings (SSSR count). The van der Waals surface area contributed by atoms with Gasteiger partial charge < -0.3 is 10.6 Å². The minimum atomic E-state index is 0.00971. The number of thioether (sulfide) groups is 1. The van der Waals surface area contributed by atoms with Gasteiger partial charge in [-0.25, -0.2) is 0 Å². The maximum Gasteiger partial charge on any atom is 0.237 e. The van der Waals surface area contributed by atoms with E-state index in [0.717, 1.165) is 31.6 Å². The molecule has 0 radical (unpaired) electrons. The summed E-state index contributed by atoms with van der Waals surface area (Å²) in [7, 11) is 0. The molecule has 0 saturated carbocycles. The fraction of sp³-hybridized carbons (Fsp3) is 0.533. The van der Waals surface area contributed by atoms with E-state index in [1.165, 1.54) is 16.9 Å². The van der Waals surface area contributed by atoms with Crippen molar-refractivity contribution in [1.82, 2.24) is 10.6 Å². The van der Waals surface area contributed by atoms with E-state index in [1.54, 1.807) is 0 Å². The van der Waals surface area contributed by atoms with Crippen molar-refractivity contribution in [2.24, 2.45) is 0 Å². The zero-order valence-electron chi connectivity index (χ0n) is 11.0. The largest absolute Gasteiger partial charge is 0.348 e. The highest BCUT2D eigenvalue weighted by atomic mass is 32.2. The molecule has 4 heteroatoms. The number of hydrogen-bond acceptors (Lipinski definition) is 3. The molecular weight excluding hydrogens is 256 g/mol. The van der Waals surface area contributed by atoms with Crippen LogP contribution in [0.5, 0.6) is 0 Å². The van der Waals surface area contributed by atoms with E-state index in [9.17, 15) is 4.79 Å². The molecule has 1 saturated heterocycles. The van der Waals surface area contributed by atoms with Crippen molar-refractivity contribution in [3.8, 4) is 0 Å². The normalized spacial score (nSPS) is 26.5. The number of amides is 1. The summed E-state index contributed by atoms with van der Waals surface area (Å²) < 4.78 is 0. The Balaban J connectivity index is 1.68. The number of carbonyl (C=O) groups excluding carboxylic acids is 1. The Kier molecular flexibility index (Phi) is 4.09. The van der Waals surface area contributed by atoms with Gasteiger partial charge >= 0.3 is 0 Å². The van der Waals surface area contributed by atoms with Crippen LogP contribution in [-0.4, -0.2) is 24.2 Å². The molecule has 1 aromatic carbocycles. The quantitative estimate of drug-likeness (QED) is 0.872. The second-order valence-electron chi connectivity index (χ2n) is 5.24. The van der Waals surface area contributed by atoms with Gasteiger partial charge in [0.1, 0.15) is 0 Å². The first kappa shape index (κ1) is 13.0. The van der Waals surface area contributed by atoms with E-state index in [1.807, 2.05) is 11.8 Å². The van der Waals surface area contributed by atoms with Crippen LogP contribution in [0.2, 0.25) is 0 Å². The van der Waals surface area contributed by atoms with Crippen LogP contribution in [0.25, 0.3) is 0 Å². The summed E-state index contributed by atoms with van der Waals surface area (Å²) in [6.07, 6.45) is 4.34. The average molecular weight is 276 g/mol. The van der Waals surface area contributed by atoms with Crippen molar-refractivity contribution in [2.45, 2.75) is 42.7 Å². The van der Waals surface area contributed by atoms with Gasteiger partial charge in [-0.1, -0.05) is 24.6 Å². The predicted octanol–water partition coefficient (Wildman–Crippen LogP) is 2.48. The van der Waals surface area contributed by atoms with Gasteiger partial charge in [-0.3, -0.25) is 4.79 Å². The molecule has 102 valence electrons. The first-order valence-corrected chi connectivity index (χ1v) is 8.08. The summed E-state index contributed by atoms with van der Waals surface area (Å²) in [5.41, 5.74) is 1.28. The molecule has 1 aromatic rings. The summed E-state index contributed by atoms with van der Waals surface area (Å²) >= 11 is 1.89. The van der Waals surface area contributed by atoms with Crippen LogP contribution in [0.15, 0.2) is 29.2 Å². The molecule has 19 heavy (non-hydrogen) atoms. The molecule has 1 fully saturated rings. The highest BCUT2D eigenvalue weighted by Gasteiger charge is 2.26. The van der Waals surface area contributed by atoms with Gasteiger partial charge in [0.2, 0.25) is 5.91 Å². The van der Waals surface area contributed by atoms with E-state index in [4.69, 9.17) is 0 Å². The molecule has 2 N–H and O–H groups in total. The molecule has 1 amide bonds. The zero-order chi connectivity index (χ0) is 13.1. The molecule has 2 atom stereocenters. The Hall–Kier alpha value is -1.00. The Morgan fingerprint density at radius 1 is 1.26 bits per heavy atom. The lowest BCUT2D eigenvalue weighted by molar-refractivity contribution is -0.124. The van der Waals surface area contributed by atoms with Crippen LogP contribution in [0.3, 0.4) is 0 Å². The Morgan fingerprint density at radius 3 is 3.00 bits per heavy atom. The van der Waals surface area contributed by atoms with Crippen LogP contribution in [0.4, 0.5) is 0 Å². The fourth-order valence-corrected chi connectivity index (χ4v) is 3.97. The van der Waals surface area contributed by atoms with Crippen molar-refractivity contribution in [3.63, 3.8) is 0 Å². The number of rotatable bonds is 2. The second kappa shape index (κ2) is 5.97. The zero-order valence-corrected chi connectivity index (χ0v) is 11.8. The summed E-state index contributed by atoms with van der Waals surface area (Å²) in [6, 6.07) is 8.61.